The molecule has 5 aromatic carbocycles. The number of aryl methyl sites for hydroxylation is 4. The van der Waals surface area contributed by atoms with E-state index in [0.29, 0.717) is 63.6 Å². The van der Waals surface area contributed by atoms with Crippen LogP contribution < -0.4 is 0 Å². The van der Waals surface area contributed by atoms with Crippen LogP contribution in [0.1, 0.15) is 48.7 Å². The average molecular weight is 698 g/mol. The van der Waals surface area contributed by atoms with Gasteiger partial charge < -0.3 is 9.30 Å². The molecule has 0 atom stereocenters. The third-order valence-corrected chi connectivity index (χ3v) is 9.22. The predicted octanol–water partition coefficient (Wildman–Crippen LogP) is 10.1. The molecule has 0 aliphatic heterocycles. The van der Waals surface area contributed by atoms with Gasteiger partial charge in [-0.15, -0.1) is 0 Å². The first-order chi connectivity index (χ1) is 25.0. The molecule has 7 aromatic rings. The fourth-order valence-corrected chi connectivity index (χ4v) is 6.42. The highest BCUT2D eigenvalue weighted by molar-refractivity contribution is 6.13. The quantitative estimate of drug-likeness (QED) is 0.111. The van der Waals surface area contributed by atoms with Crippen molar-refractivity contribution >= 4 is 22.8 Å². The van der Waals surface area contributed by atoms with E-state index in [1.54, 1.807) is 34.9 Å². The first-order valence-corrected chi connectivity index (χ1v) is 16.8. The Bertz CT molecular complexity index is 2410. The van der Waals surface area contributed by atoms with E-state index in [0.717, 1.165) is 34.4 Å². The molecule has 260 valence electrons. The van der Waals surface area contributed by atoms with Crippen molar-refractivity contribution < 1.29 is 27.5 Å². The van der Waals surface area contributed by atoms with Crippen molar-refractivity contribution in [2.75, 3.05) is 7.11 Å². The standard InChI is InChI=1S/C43H34F3N3O3/c1-27-9-13-30(14-10-27)35-26-38(31-17-20-34(21-18-31)43(44,45)46)49(39(35)40(50)32-15-11-28(2)12-16-32)42-47-36-25-33(41(51)52-3)19-22-37(36)48(42)24-23-29-7-5-4-6-8-29/h4-22,25-26H,23-24H2,1-3H3. The molecule has 52 heavy (non-hydrogen) atoms. The lowest BCUT2D eigenvalue weighted by atomic mass is 9.98. The van der Waals surface area contributed by atoms with Crippen molar-refractivity contribution in [3.63, 3.8) is 0 Å². The SMILES string of the molecule is COC(=O)c1ccc2c(c1)nc(-n1c(-c3ccc(C(F)(F)F)cc3)cc(-c3ccc(C)cc3)c1C(=O)c1ccc(C)cc1)n2CCc1ccccc1. The maximum atomic E-state index is 14.9. The lowest BCUT2D eigenvalue weighted by Gasteiger charge is -2.17. The first kappa shape index (κ1) is 34.2. The molecule has 0 bridgehead atoms. The molecule has 2 aromatic heterocycles. The van der Waals surface area contributed by atoms with Gasteiger partial charge in [-0.2, -0.15) is 13.2 Å². The minimum Gasteiger partial charge on any atom is -0.465 e. The molecule has 9 heteroatoms. The van der Waals surface area contributed by atoms with Gasteiger partial charge in [-0.3, -0.25) is 9.36 Å². The van der Waals surface area contributed by atoms with Crippen LogP contribution in [0.25, 0.3) is 39.4 Å². The topological polar surface area (TPSA) is 66.1 Å². The zero-order chi connectivity index (χ0) is 36.6. The van der Waals surface area contributed by atoms with Crippen LogP contribution in [0.4, 0.5) is 13.2 Å². The summed E-state index contributed by atoms with van der Waals surface area (Å²) in [6, 6.07) is 36.8. The zero-order valence-electron chi connectivity index (χ0n) is 28.7. The molecule has 0 saturated heterocycles. The molecule has 0 N–H and O–H groups in total. The van der Waals surface area contributed by atoms with Crippen molar-refractivity contribution in [1.29, 1.82) is 0 Å². The number of methoxy groups -OCH3 is 1. The second kappa shape index (κ2) is 13.8. The molecule has 0 saturated carbocycles. The van der Waals surface area contributed by atoms with Crippen molar-refractivity contribution in [3.05, 3.63) is 166 Å². The fourth-order valence-electron chi connectivity index (χ4n) is 6.42. The van der Waals surface area contributed by atoms with Crippen LogP contribution in [0.2, 0.25) is 0 Å². The van der Waals surface area contributed by atoms with E-state index in [1.165, 1.54) is 19.2 Å². The number of esters is 1. The van der Waals surface area contributed by atoms with Crippen LogP contribution in [0.5, 0.6) is 0 Å². The highest BCUT2D eigenvalue weighted by Gasteiger charge is 2.32. The van der Waals surface area contributed by atoms with Crippen LogP contribution in [-0.4, -0.2) is 33.0 Å². The van der Waals surface area contributed by atoms with Gasteiger partial charge in [0.1, 0.15) is 5.69 Å². The Hall–Kier alpha value is -6.22. The number of alkyl halides is 3. The van der Waals surface area contributed by atoms with Gasteiger partial charge in [0.15, 0.2) is 0 Å². The summed E-state index contributed by atoms with van der Waals surface area (Å²) in [4.78, 5) is 32.5. The maximum Gasteiger partial charge on any atom is 0.416 e. The number of ether oxygens (including phenoxy) is 1. The molecule has 0 aliphatic rings. The number of rotatable bonds is 9. The van der Waals surface area contributed by atoms with Crippen LogP contribution in [0.3, 0.4) is 0 Å². The molecular formula is C43H34F3N3O3. The number of imidazole rings is 1. The Morgan fingerprint density at radius 1 is 0.731 bits per heavy atom. The molecule has 0 aliphatic carbocycles. The Morgan fingerprint density at radius 3 is 1.98 bits per heavy atom. The highest BCUT2D eigenvalue weighted by Crippen LogP contribution is 2.39. The van der Waals surface area contributed by atoms with E-state index in [-0.39, 0.29) is 5.78 Å². The van der Waals surface area contributed by atoms with E-state index >= 15 is 0 Å². The number of nitrogens with zero attached hydrogens (tertiary/aromatic N) is 3. The monoisotopic (exact) mass is 697 g/mol. The fraction of sp³-hybridized carbons (Fsp3) is 0.140. The van der Waals surface area contributed by atoms with Gasteiger partial charge in [0.2, 0.25) is 11.7 Å². The Morgan fingerprint density at radius 2 is 1.35 bits per heavy atom. The molecule has 0 amide bonds. The van der Waals surface area contributed by atoms with Gasteiger partial charge in [0.05, 0.1) is 35.0 Å². The minimum absolute atomic E-state index is 0.286. The number of benzene rings is 5. The molecule has 2 heterocycles. The van der Waals surface area contributed by atoms with Crippen molar-refractivity contribution in [2.24, 2.45) is 0 Å². The Balaban J connectivity index is 1.56. The number of halogens is 3. The molecular weight excluding hydrogens is 663 g/mol. The third-order valence-electron chi connectivity index (χ3n) is 9.22. The molecule has 6 nitrogen and oxygen atoms in total. The molecule has 0 fully saturated rings. The number of hydrogen-bond donors (Lipinski definition) is 0. The van der Waals surface area contributed by atoms with Gasteiger partial charge in [0.25, 0.3) is 0 Å². The van der Waals surface area contributed by atoms with E-state index in [4.69, 9.17) is 9.72 Å². The molecule has 7 rings (SSSR count). The number of carbonyl (C=O) groups excluding carboxylic acids is 2. The number of fused-ring (bicyclic) bond motifs is 1. The second-order valence-electron chi connectivity index (χ2n) is 12.8. The summed E-state index contributed by atoms with van der Waals surface area (Å²) in [5.74, 6) is -0.437. The Kier molecular flexibility index (Phi) is 9.11. The summed E-state index contributed by atoms with van der Waals surface area (Å²) in [6.45, 7) is 4.35. The normalized spacial score (nSPS) is 11.6. The van der Waals surface area contributed by atoms with Crippen LogP contribution in [0, 0.1) is 13.8 Å². The number of aromatic nitrogens is 3. The van der Waals surface area contributed by atoms with Crippen LogP contribution in [0.15, 0.2) is 127 Å². The van der Waals surface area contributed by atoms with Gasteiger partial charge >= 0.3 is 12.1 Å². The van der Waals surface area contributed by atoms with E-state index in [2.05, 4.69) is 0 Å². The molecule has 0 spiro atoms. The lowest BCUT2D eigenvalue weighted by Crippen LogP contribution is -2.16. The minimum atomic E-state index is -4.52. The third kappa shape index (κ3) is 6.65. The number of ketones is 1. The van der Waals surface area contributed by atoms with Gasteiger partial charge in [0, 0.05) is 17.7 Å². The van der Waals surface area contributed by atoms with Gasteiger partial charge in [-0.05, 0) is 73.4 Å². The van der Waals surface area contributed by atoms with Crippen molar-refractivity contribution in [1.82, 2.24) is 14.1 Å². The smallest absolute Gasteiger partial charge is 0.416 e. The number of carbonyl (C=O) groups is 2. The molecule has 0 radical (unpaired) electrons. The first-order valence-electron chi connectivity index (χ1n) is 16.8. The summed E-state index contributed by atoms with van der Waals surface area (Å²) in [7, 11) is 1.31. The summed E-state index contributed by atoms with van der Waals surface area (Å²) in [5, 5.41) is 0. The summed E-state index contributed by atoms with van der Waals surface area (Å²) in [5.41, 5.74) is 6.84. The van der Waals surface area contributed by atoms with E-state index in [1.807, 2.05) is 91.2 Å². The summed E-state index contributed by atoms with van der Waals surface area (Å²) in [6.07, 6.45) is -3.91. The van der Waals surface area contributed by atoms with Gasteiger partial charge in [-0.1, -0.05) is 102 Å². The van der Waals surface area contributed by atoms with Crippen LogP contribution in [-0.2, 0) is 23.9 Å². The second-order valence-corrected chi connectivity index (χ2v) is 12.8. The predicted molar refractivity (Wildman–Crippen MR) is 196 cm³/mol. The summed E-state index contributed by atoms with van der Waals surface area (Å²) < 4.78 is 49.9. The van der Waals surface area contributed by atoms with Crippen molar-refractivity contribution in [2.45, 2.75) is 33.0 Å². The largest absolute Gasteiger partial charge is 0.465 e. The lowest BCUT2D eigenvalue weighted by molar-refractivity contribution is -0.137. The maximum absolute atomic E-state index is 14.9. The zero-order valence-corrected chi connectivity index (χ0v) is 28.7. The van der Waals surface area contributed by atoms with Crippen LogP contribution >= 0.6 is 0 Å². The highest BCUT2D eigenvalue weighted by atomic mass is 19.4. The Labute approximate surface area is 298 Å². The van der Waals surface area contributed by atoms with Crippen molar-refractivity contribution in [3.8, 4) is 28.3 Å². The van der Waals surface area contributed by atoms with E-state index in [9.17, 15) is 22.8 Å². The average Bonchev–Trinajstić information content (AvgIpc) is 3.72. The van der Waals surface area contributed by atoms with Gasteiger partial charge in [-0.25, -0.2) is 9.78 Å². The van der Waals surface area contributed by atoms with E-state index < -0.39 is 17.7 Å². The number of hydrogen-bond acceptors (Lipinski definition) is 4. The molecule has 0 unspecified atom stereocenters. The summed E-state index contributed by atoms with van der Waals surface area (Å²) >= 11 is 0.